The third-order valence-electron chi connectivity index (χ3n) is 4.55. The fourth-order valence-electron chi connectivity index (χ4n) is 2.94. The largest absolute Gasteiger partial charge is 0.611 e. The van der Waals surface area contributed by atoms with Gasteiger partial charge in [0.1, 0.15) is 23.7 Å². The smallest absolute Gasteiger partial charge is 0.287 e. The molecule has 0 unspecified atom stereocenters. The molecule has 1 saturated heterocycles. The summed E-state index contributed by atoms with van der Waals surface area (Å²) >= 11 is 19.7. The molecular weight excluding hydrogens is 535 g/mol. The van der Waals surface area contributed by atoms with E-state index in [-0.39, 0.29) is 39.5 Å². The van der Waals surface area contributed by atoms with Crippen LogP contribution >= 0.6 is 46.6 Å². The third kappa shape index (κ3) is 5.59. The molecule has 2 aromatic rings. The average Bonchev–Trinajstić information content (AvgIpc) is 2.73. The molecule has 0 aliphatic carbocycles. The fraction of sp³-hybridized carbons (Fsp3) is 0.222. The highest BCUT2D eigenvalue weighted by Gasteiger charge is 2.33. The zero-order valence-electron chi connectivity index (χ0n) is 16.7. The molecule has 0 aromatic heterocycles. The average molecular weight is 552 g/mol. The topological polar surface area (TPSA) is 155 Å². The van der Waals surface area contributed by atoms with Crippen molar-refractivity contribution in [1.29, 1.82) is 5.26 Å². The zero-order valence-corrected chi connectivity index (χ0v) is 20.6. The number of guanidine groups is 1. The van der Waals surface area contributed by atoms with E-state index >= 15 is 0 Å². The molecule has 0 atom stereocenters. The van der Waals surface area contributed by atoms with Crippen molar-refractivity contribution in [2.45, 2.75) is 4.90 Å². The van der Waals surface area contributed by atoms with Gasteiger partial charge in [0.25, 0.3) is 10.0 Å². The molecule has 1 aliphatic heterocycles. The van der Waals surface area contributed by atoms with Crippen LogP contribution in [0.1, 0.15) is 0 Å². The fourth-order valence-corrected chi connectivity index (χ4v) is 6.23. The van der Waals surface area contributed by atoms with E-state index in [1.165, 1.54) is 42.1 Å². The quantitative estimate of drug-likeness (QED) is 0.127. The van der Waals surface area contributed by atoms with E-state index in [2.05, 4.69) is 4.99 Å². The maximum absolute atomic E-state index is 12.9. The van der Waals surface area contributed by atoms with Crippen LogP contribution in [-0.4, -0.2) is 48.8 Å². The van der Waals surface area contributed by atoms with Gasteiger partial charge in [-0.25, -0.2) is 18.3 Å². The number of thioether (sulfide) groups is 1. The highest BCUT2D eigenvalue weighted by Crippen LogP contribution is 2.39. The first-order valence-corrected chi connectivity index (χ1v) is 13.0. The molecule has 0 spiro atoms. The number of aromatic hydroxyl groups is 1. The van der Waals surface area contributed by atoms with Gasteiger partial charge in [-0.05, 0) is 24.3 Å². The van der Waals surface area contributed by atoms with Crippen LogP contribution in [0.5, 0.6) is 5.75 Å². The van der Waals surface area contributed by atoms with Crippen LogP contribution in [0, 0.1) is 16.7 Å². The second-order valence-electron chi connectivity index (χ2n) is 6.77. The van der Waals surface area contributed by atoms with Gasteiger partial charge in [0.2, 0.25) is 5.96 Å². The lowest BCUT2D eigenvalue weighted by Crippen LogP contribution is -2.59. The molecular formula is C18H17Cl3N6O4S2. The normalized spacial score (nSPS) is 16.3. The Kier molecular flexibility index (Phi) is 7.87. The standard InChI is InChI=1S/C18H17Cl3N6O4S2/c19-11-2-1-3-14(15(11)21)26(10-22)18(23)24-13-5-4-12(20)17(16(13)28)33(30,31)25-27(29)6-8-32-9-7-27/h1-5,25,28H,6-9H2,(H2,23,24). The summed E-state index contributed by atoms with van der Waals surface area (Å²) in [6.45, 7) is 0.0369. The highest BCUT2D eigenvalue weighted by molar-refractivity contribution is 7.99. The third-order valence-corrected chi connectivity index (χ3v) is 8.25. The number of sulfonamides is 1. The SMILES string of the molecule is N#CN(C(N)=Nc1ccc(Cl)c(S(=O)(=O)N[N+]2([O-])CCSCC2)c1O)c1cccc(Cl)c1Cl. The van der Waals surface area contributed by atoms with Crippen LogP contribution in [0.2, 0.25) is 15.1 Å². The van der Waals surface area contributed by atoms with Crippen molar-refractivity contribution < 1.29 is 18.3 Å². The van der Waals surface area contributed by atoms with Crippen molar-refractivity contribution in [3.63, 3.8) is 0 Å². The second kappa shape index (κ2) is 10.1. The van der Waals surface area contributed by atoms with Crippen LogP contribution in [0.4, 0.5) is 11.4 Å². The summed E-state index contributed by atoms with van der Waals surface area (Å²) in [6, 6.07) is 6.90. The van der Waals surface area contributed by atoms with E-state index in [4.69, 9.17) is 40.5 Å². The van der Waals surface area contributed by atoms with Crippen LogP contribution in [0.3, 0.4) is 0 Å². The Morgan fingerprint density at radius 1 is 1.24 bits per heavy atom. The van der Waals surface area contributed by atoms with Crippen LogP contribution < -0.4 is 15.5 Å². The lowest BCUT2D eigenvalue weighted by atomic mass is 10.3. The number of hydrogen-bond donors (Lipinski definition) is 3. The van der Waals surface area contributed by atoms with Gasteiger partial charge < -0.3 is 16.0 Å². The minimum absolute atomic E-state index is 0.0184. The number of quaternary nitrogens is 1. The van der Waals surface area contributed by atoms with Gasteiger partial charge in [-0.2, -0.15) is 17.0 Å². The number of nitrogens with one attached hydrogen (secondary N) is 1. The molecule has 3 rings (SSSR count). The predicted octanol–water partition coefficient (Wildman–Crippen LogP) is 3.54. The lowest BCUT2D eigenvalue weighted by Gasteiger charge is -2.43. The molecule has 176 valence electrons. The van der Waals surface area contributed by atoms with E-state index in [1.54, 1.807) is 6.19 Å². The lowest BCUT2D eigenvalue weighted by molar-refractivity contribution is -0.906. The van der Waals surface area contributed by atoms with Gasteiger partial charge in [-0.1, -0.05) is 45.7 Å². The molecule has 4 N–H and O–H groups in total. The number of phenolic OH excluding ortho intramolecular Hbond substituents is 1. The van der Waals surface area contributed by atoms with Gasteiger partial charge in [0.05, 0.1) is 20.8 Å². The summed E-state index contributed by atoms with van der Waals surface area (Å²) in [4.78, 5) is 6.13. The molecule has 0 radical (unpaired) electrons. The van der Waals surface area contributed by atoms with Gasteiger partial charge in [-0.3, -0.25) is 4.76 Å². The number of phenols is 1. The number of halogens is 3. The van der Waals surface area contributed by atoms with Crippen molar-refractivity contribution in [3.05, 3.63) is 50.6 Å². The van der Waals surface area contributed by atoms with Crippen molar-refractivity contribution >= 4 is 73.9 Å². The number of benzene rings is 2. The maximum Gasteiger partial charge on any atom is 0.287 e. The van der Waals surface area contributed by atoms with Crippen molar-refractivity contribution in [2.24, 2.45) is 10.7 Å². The number of nitrogens with zero attached hydrogens (tertiary/aromatic N) is 4. The minimum Gasteiger partial charge on any atom is -0.611 e. The van der Waals surface area contributed by atoms with E-state index in [0.717, 1.165) is 4.90 Å². The van der Waals surface area contributed by atoms with Crippen LogP contribution in [0.15, 0.2) is 40.2 Å². The van der Waals surface area contributed by atoms with Gasteiger partial charge in [0, 0.05) is 11.5 Å². The predicted molar refractivity (Wildman–Crippen MR) is 130 cm³/mol. The van der Waals surface area contributed by atoms with Gasteiger partial charge in [0.15, 0.2) is 11.9 Å². The molecule has 10 nitrogen and oxygen atoms in total. The van der Waals surface area contributed by atoms with Crippen molar-refractivity contribution in [1.82, 2.24) is 4.83 Å². The molecule has 1 fully saturated rings. The number of hydroxylamine groups is 2. The maximum atomic E-state index is 12.9. The minimum atomic E-state index is -4.54. The molecule has 0 saturated carbocycles. The van der Waals surface area contributed by atoms with E-state index in [9.17, 15) is 24.0 Å². The number of rotatable bonds is 5. The molecule has 0 amide bonds. The molecule has 2 aromatic carbocycles. The Morgan fingerprint density at radius 2 is 1.91 bits per heavy atom. The van der Waals surface area contributed by atoms with Crippen LogP contribution in [-0.2, 0) is 10.0 Å². The Bertz CT molecular complexity index is 1250. The first kappa shape index (κ1) is 25.7. The number of hydrogen-bond acceptors (Lipinski definition) is 7. The van der Waals surface area contributed by atoms with Gasteiger partial charge >= 0.3 is 0 Å². The summed E-state index contributed by atoms with van der Waals surface area (Å²) < 4.78 is 24.7. The first-order chi connectivity index (χ1) is 15.5. The monoisotopic (exact) mass is 550 g/mol. The molecule has 0 bridgehead atoms. The molecule has 33 heavy (non-hydrogen) atoms. The number of anilines is 1. The Hall–Kier alpha value is -1.95. The Morgan fingerprint density at radius 3 is 2.55 bits per heavy atom. The summed E-state index contributed by atoms with van der Waals surface area (Å²) in [5, 5.41) is 32.8. The Balaban J connectivity index is 2.02. The zero-order chi connectivity index (χ0) is 24.4. The Labute approximate surface area is 209 Å². The number of nitriles is 1. The summed E-state index contributed by atoms with van der Waals surface area (Å²) in [5.74, 6) is -0.326. The summed E-state index contributed by atoms with van der Waals surface area (Å²) in [7, 11) is -4.54. The molecule has 15 heteroatoms. The van der Waals surface area contributed by atoms with Gasteiger partial charge in [-0.15, -0.1) is 0 Å². The first-order valence-electron chi connectivity index (χ1n) is 9.18. The second-order valence-corrected chi connectivity index (χ2v) is 10.8. The molecule has 1 heterocycles. The summed E-state index contributed by atoms with van der Waals surface area (Å²) in [5.41, 5.74) is 5.75. The highest BCUT2D eigenvalue weighted by atomic mass is 35.5. The number of nitrogens with two attached hydrogens (primary N) is 1. The van der Waals surface area contributed by atoms with E-state index < -0.39 is 31.4 Å². The van der Waals surface area contributed by atoms with Crippen LogP contribution in [0.25, 0.3) is 0 Å². The summed E-state index contributed by atoms with van der Waals surface area (Å²) in [6.07, 6.45) is 1.79. The van der Waals surface area contributed by atoms with Crippen molar-refractivity contribution in [3.8, 4) is 11.9 Å². The van der Waals surface area contributed by atoms with E-state index in [1.807, 2.05) is 4.83 Å². The molecule has 1 aliphatic rings. The van der Waals surface area contributed by atoms with Crippen molar-refractivity contribution in [2.75, 3.05) is 29.5 Å². The number of aliphatic imine (C=N–C) groups is 1. The van der Waals surface area contributed by atoms with E-state index in [0.29, 0.717) is 11.5 Å².